The molecule has 1 rings (SSSR count). The number of aliphatic hydroxyl groups excluding tert-OH is 1. The Balaban J connectivity index is 2.83. The van der Waals surface area contributed by atoms with Crippen LogP contribution in [0.1, 0.15) is 19.8 Å². The Morgan fingerprint density at radius 3 is 2.75 bits per heavy atom. The zero-order valence-electron chi connectivity index (χ0n) is 9.42. The van der Waals surface area contributed by atoms with Crippen molar-refractivity contribution in [3.8, 4) is 0 Å². The maximum atomic E-state index is 11.9. The Morgan fingerprint density at radius 2 is 2.31 bits per heavy atom. The molecule has 16 heavy (non-hydrogen) atoms. The average Bonchev–Trinajstić information content (AvgIpc) is 2.64. The summed E-state index contributed by atoms with van der Waals surface area (Å²) in [6.45, 7) is 1.83. The van der Waals surface area contributed by atoms with Crippen LogP contribution in [-0.2, 0) is 17.1 Å². The molecule has 2 N–H and O–H groups in total. The van der Waals surface area contributed by atoms with Gasteiger partial charge < -0.3 is 5.11 Å². The molecule has 0 aromatic carbocycles. The number of aromatic nitrogens is 2. The van der Waals surface area contributed by atoms with Gasteiger partial charge in [0.05, 0.1) is 6.20 Å². The lowest BCUT2D eigenvalue weighted by Crippen LogP contribution is -2.36. The topological polar surface area (TPSA) is 84.2 Å². The molecule has 0 aliphatic rings. The Kier molecular flexibility index (Phi) is 4.45. The first-order valence-electron chi connectivity index (χ1n) is 5.12. The minimum atomic E-state index is -3.54. The minimum absolute atomic E-state index is 0.0353. The largest absolute Gasteiger partial charge is 0.396 e. The summed E-state index contributed by atoms with van der Waals surface area (Å²) in [7, 11) is -1.97. The van der Waals surface area contributed by atoms with Gasteiger partial charge in [-0.1, -0.05) is 6.92 Å². The third kappa shape index (κ3) is 3.03. The summed E-state index contributed by atoms with van der Waals surface area (Å²) in [5.41, 5.74) is 0. The van der Waals surface area contributed by atoms with Crippen LogP contribution in [0.5, 0.6) is 0 Å². The van der Waals surface area contributed by atoms with E-state index in [1.165, 1.54) is 16.9 Å². The minimum Gasteiger partial charge on any atom is -0.396 e. The van der Waals surface area contributed by atoms with E-state index in [0.29, 0.717) is 12.8 Å². The highest BCUT2D eigenvalue weighted by molar-refractivity contribution is 7.89. The molecular weight excluding hydrogens is 230 g/mol. The van der Waals surface area contributed by atoms with Crippen LogP contribution in [0.25, 0.3) is 0 Å². The van der Waals surface area contributed by atoms with Crippen LogP contribution in [-0.4, -0.2) is 36.0 Å². The molecule has 0 saturated carbocycles. The third-order valence-corrected chi connectivity index (χ3v) is 3.94. The second kappa shape index (κ2) is 5.42. The molecule has 92 valence electrons. The number of hydrogen-bond donors (Lipinski definition) is 2. The molecule has 0 radical (unpaired) electrons. The van der Waals surface area contributed by atoms with Crippen LogP contribution in [0.4, 0.5) is 0 Å². The fraction of sp³-hybridized carbons (Fsp3) is 0.667. The fourth-order valence-electron chi connectivity index (χ4n) is 1.41. The second-order valence-electron chi connectivity index (χ2n) is 3.53. The molecule has 1 unspecified atom stereocenters. The Bertz CT molecular complexity index is 427. The molecule has 0 saturated heterocycles. The van der Waals surface area contributed by atoms with Crippen LogP contribution in [0, 0.1) is 0 Å². The number of nitrogens with zero attached hydrogens (tertiary/aromatic N) is 2. The van der Waals surface area contributed by atoms with Crippen molar-refractivity contribution in [2.24, 2.45) is 7.05 Å². The van der Waals surface area contributed by atoms with Gasteiger partial charge in [0.1, 0.15) is 0 Å². The molecule has 0 amide bonds. The van der Waals surface area contributed by atoms with Crippen molar-refractivity contribution in [2.75, 3.05) is 6.61 Å². The number of hydrogen-bond acceptors (Lipinski definition) is 4. The van der Waals surface area contributed by atoms with Crippen LogP contribution >= 0.6 is 0 Å². The van der Waals surface area contributed by atoms with Crippen molar-refractivity contribution >= 4 is 10.0 Å². The third-order valence-electron chi connectivity index (χ3n) is 2.34. The molecule has 1 heterocycles. The Morgan fingerprint density at radius 1 is 1.62 bits per heavy atom. The first kappa shape index (κ1) is 13.1. The lowest BCUT2D eigenvalue weighted by Gasteiger charge is -2.15. The summed E-state index contributed by atoms with van der Waals surface area (Å²) < 4.78 is 27.6. The van der Waals surface area contributed by atoms with Gasteiger partial charge in [-0.2, -0.15) is 5.10 Å². The first-order valence-corrected chi connectivity index (χ1v) is 6.60. The van der Waals surface area contributed by atoms with E-state index in [-0.39, 0.29) is 17.7 Å². The van der Waals surface area contributed by atoms with E-state index in [0.717, 1.165) is 0 Å². The predicted molar refractivity (Wildman–Crippen MR) is 59.3 cm³/mol. The number of nitrogens with one attached hydrogen (secondary N) is 1. The van der Waals surface area contributed by atoms with Crippen LogP contribution in [0.2, 0.25) is 0 Å². The monoisotopic (exact) mass is 247 g/mol. The quantitative estimate of drug-likeness (QED) is 0.732. The number of rotatable bonds is 6. The highest BCUT2D eigenvalue weighted by Crippen LogP contribution is 2.09. The molecule has 1 atom stereocenters. The molecule has 0 aliphatic carbocycles. The van der Waals surface area contributed by atoms with Crippen molar-refractivity contribution in [2.45, 2.75) is 30.8 Å². The van der Waals surface area contributed by atoms with E-state index in [1.807, 2.05) is 6.92 Å². The number of aliphatic hydroxyl groups is 1. The van der Waals surface area contributed by atoms with Gasteiger partial charge in [0.2, 0.25) is 0 Å². The van der Waals surface area contributed by atoms with E-state index in [1.54, 1.807) is 7.05 Å². The molecule has 6 nitrogen and oxygen atoms in total. The summed E-state index contributed by atoms with van der Waals surface area (Å²) in [6.07, 6.45) is 2.48. The summed E-state index contributed by atoms with van der Waals surface area (Å²) in [6, 6.07) is 1.19. The lowest BCUT2D eigenvalue weighted by molar-refractivity contribution is 0.270. The molecule has 1 aromatic rings. The smallest absolute Gasteiger partial charge is 0.257 e. The van der Waals surface area contributed by atoms with Crippen LogP contribution in [0.15, 0.2) is 17.3 Å². The zero-order chi connectivity index (χ0) is 12.2. The maximum absolute atomic E-state index is 11.9. The summed E-state index contributed by atoms with van der Waals surface area (Å²) in [5, 5.41) is 12.7. The average molecular weight is 247 g/mol. The van der Waals surface area contributed by atoms with Crippen molar-refractivity contribution < 1.29 is 13.5 Å². The summed E-state index contributed by atoms with van der Waals surface area (Å²) in [4.78, 5) is 0. The van der Waals surface area contributed by atoms with Crippen molar-refractivity contribution in [1.82, 2.24) is 14.5 Å². The van der Waals surface area contributed by atoms with Crippen LogP contribution < -0.4 is 4.72 Å². The summed E-state index contributed by atoms with van der Waals surface area (Å²) >= 11 is 0. The van der Waals surface area contributed by atoms with Crippen molar-refractivity contribution in [3.05, 3.63) is 12.3 Å². The highest BCUT2D eigenvalue weighted by atomic mass is 32.2. The summed E-state index contributed by atoms with van der Waals surface area (Å²) in [5.74, 6) is 0. The molecular formula is C9H17N3O3S. The van der Waals surface area contributed by atoms with E-state index in [4.69, 9.17) is 5.11 Å². The lowest BCUT2D eigenvalue weighted by atomic mass is 10.2. The Labute approximate surface area is 95.3 Å². The zero-order valence-corrected chi connectivity index (χ0v) is 10.2. The van der Waals surface area contributed by atoms with E-state index < -0.39 is 10.0 Å². The molecule has 0 spiro atoms. The number of aryl methyl sites for hydroxylation is 1. The maximum Gasteiger partial charge on any atom is 0.257 e. The SMILES string of the molecule is CCC(CCO)NS(=O)(=O)c1ccnn1C. The van der Waals surface area contributed by atoms with Gasteiger partial charge in [0.25, 0.3) is 10.0 Å². The van der Waals surface area contributed by atoms with Gasteiger partial charge in [-0.05, 0) is 18.9 Å². The first-order chi connectivity index (χ1) is 7.51. The Hall–Kier alpha value is -0.920. The molecule has 1 aromatic heterocycles. The van der Waals surface area contributed by atoms with E-state index in [9.17, 15) is 8.42 Å². The van der Waals surface area contributed by atoms with E-state index in [2.05, 4.69) is 9.82 Å². The van der Waals surface area contributed by atoms with E-state index >= 15 is 0 Å². The normalized spacial score (nSPS) is 13.9. The van der Waals surface area contributed by atoms with Crippen LogP contribution in [0.3, 0.4) is 0 Å². The van der Waals surface area contributed by atoms with Gasteiger partial charge in [0.15, 0.2) is 5.03 Å². The molecule has 0 fully saturated rings. The standard InChI is InChI=1S/C9H17N3O3S/c1-3-8(5-7-13)11-16(14,15)9-4-6-10-12(9)2/h4,6,8,11,13H,3,5,7H2,1-2H3. The predicted octanol–water partition coefficient (Wildman–Crippen LogP) is -0.141. The molecule has 0 bridgehead atoms. The highest BCUT2D eigenvalue weighted by Gasteiger charge is 2.21. The van der Waals surface area contributed by atoms with Gasteiger partial charge in [-0.15, -0.1) is 0 Å². The molecule has 0 aliphatic heterocycles. The second-order valence-corrected chi connectivity index (χ2v) is 5.19. The van der Waals surface area contributed by atoms with Gasteiger partial charge in [-0.3, -0.25) is 4.68 Å². The van der Waals surface area contributed by atoms with Gasteiger partial charge >= 0.3 is 0 Å². The van der Waals surface area contributed by atoms with Gasteiger partial charge in [0, 0.05) is 19.7 Å². The van der Waals surface area contributed by atoms with Gasteiger partial charge in [-0.25, -0.2) is 13.1 Å². The van der Waals surface area contributed by atoms with Crippen molar-refractivity contribution in [3.63, 3.8) is 0 Å². The molecule has 7 heteroatoms. The van der Waals surface area contributed by atoms with Crippen molar-refractivity contribution in [1.29, 1.82) is 0 Å². The fourth-order valence-corrected chi connectivity index (χ4v) is 2.89. The number of sulfonamides is 1.